The Morgan fingerprint density at radius 3 is 2.34 bits per heavy atom. The van der Waals surface area contributed by atoms with E-state index in [1.54, 1.807) is 71.0 Å². The Morgan fingerprint density at radius 1 is 1.11 bits per heavy atom. The molecular weight excluding hydrogens is 470 g/mol. The number of aryl methyl sites for hydroxylation is 1. The summed E-state index contributed by atoms with van der Waals surface area (Å²) in [5.74, 6) is -1.19. The molecule has 3 amide bonds. The summed E-state index contributed by atoms with van der Waals surface area (Å²) < 4.78 is 5.22. The normalized spacial score (nSPS) is 12.9. The molecular formula is C26H34ClN3O5. The van der Waals surface area contributed by atoms with Gasteiger partial charge < -0.3 is 25.4 Å². The Balaban J connectivity index is 2.45. The number of hydrogen-bond acceptors (Lipinski definition) is 5. The lowest BCUT2D eigenvalue weighted by molar-refractivity contribution is -0.140. The highest BCUT2D eigenvalue weighted by Gasteiger charge is 2.36. The monoisotopic (exact) mass is 503 g/mol. The number of aromatic hydroxyl groups is 1. The number of carbonyl (C=O) groups excluding carboxylic acids is 3. The molecule has 0 aliphatic carbocycles. The summed E-state index contributed by atoms with van der Waals surface area (Å²) >= 11 is 6.32. The molecule has 35 heavy (non-hydrogen) atoms. The van der Waals surface area contributed by atoms with Crippen molar-refractivity contribution >= 4 is 35.2 Å². The van der Waals surface area contributed by atoms with Crippen LogP contribution in [0.3, 0.4) is 0 Å². The SMILES string of the molecule is CCC(C)N(C(=O)CNC(=O)OC(C)(C)C)C(C(=O)Nc1c(C)cccc1Cl)c1ccccc1O. The van der Waals surface area contributed by atoms with Crippen LogP contribution in [-0.4, -0.2) is 46.1 Å². The fourth-order valence-electron chi connectivity index (χ4n) is 3.51. The number of phenolic OH excluding ortho intramolecular Hbond substituents is 1. The Hall–Kier alpha value is -3.26. The lowest BCUT2D eigenvalue weighted by Crippen LogP contribution is -2.50. The van der Waals surface area contributed by atoms with Gasteiger partial charge in [-0.3, -0.25) is 9.59 Å². The second-order valence-corrected chi connectivity index (χ2v) is 9.70. The van der Waals surface area contributed by atoms with Crippen molar-refractivity contribution in [3.63, 3.8) is 0 Å². The first kappa shape index (κ1) is 28.0. The lowest BCUT2D eigenvalue weighted by Gasteiger charge is -2.36. The van der Waals surface area contributed by atoms with Gasteiger partial charge in [-0.05, 0) is 58.7 Å². The van der Waals surface area contributed by atoms with Crippen molar-refractivity contribution in [3.8, 4) is 5.75 Å². The van der Waals surface area contributed by atoms with E-state index in [9.17, 15) is 19.5 Å². The molecule has 0 fully saturated rings. The number of halogens is 1. The third-order valence-corrected chi connectivity index (χ3v) is 5.68. The summed E-state index contributed by atoms with van der Waals surface area (Å²) in [5.41, 5.74) is 0.688. The fraction of sp³-hybridized carbons (Fsp3) is 0.423. The number of ether oxygens (including phenoxy) is 1. The number of hydrogen-bond donors (Lipinski definition) is 3. The Kier molecular flexibility index (Phi) is 9.54. The first-order chi connectivity index (χ1) is 16.4. The van der Waals surface area contributed by atoms with Crippen LogP contribution < -0.4 is 10.6 Å². The standard InChI is InChI=1S/C26H34ClN3O5/c1-7-17(3)30(21(32)15-28-25(34)35-26(4,5)6)23(18-12-8-9-14-20(18)31)24(33)29-22-16(2)11-10-13-19(22)27/h8-14,17,23,31H,7,15H2,1-6H3,(H,28,34)(H,29,33). The molecule has 0 heterocycles. The van der Waals surface area contributed by atoms with Gasteiger partial charge in [0.05, 0.1) is 10.7 Å². The van der Waals surface area contributed by atoms with Crippen LogP contribution in [0.1, 0.15) is 58.2 Å². The molecule has 2 aromatic carbocycles. The van der Waals surface area contributed by atoms with E-state index in [0.29, 0.717) is 17.1 Å². The number of amides is 3. The Labute approximate surface area is 211 Å². The minimum Gasteiger partial charge on any atom is -0.508 e. The second-order valence-electron chi connectivity index (χ2n) is 9.30. The molecule has 3 N–H and O–H groups in total. The van der Waals surface area contributed by atoms with Gasteiger partial charge in [0, 0.05) is 11.6 Å². The molecule has 8 nitrogen and oxygen atoms in total. The number of anilines is 1. The van der Waals surface area contributed by atoms with Gasteiger partial charge in [0.15, 0.2) is 0 Å². The van der Waals surface area contributed by atoms with Crippen LogP contribution in [0.4, 0.5) is 10.5 Å². The van der Waals surface area contributed by atoms with Gasteiger partial charge in [-0.1, -0.05) is 48.9 Å². The molecule has 2 rings (SSSR count). The molecule has 0 saturated heterocycles. The molecule has 0 aromatic heterocycles. The maximum atomic E-state index is 13.7. The fourth-order valence-corrected chi connectivity index (χ4v) is 3.78. The van der Waals surface area contributed by atoms with E-state index >= 15 is 0 Å². The zero-order chi connectivity index (χ0) is 26.3. The molecule has 2 unspecified atom stereocenters. The van der Waals surface area contributed by atoms with E-state index in [2.05, 4.69) is 10.6 Å². The largest absolute Gasteiger partial charge is 0.508 e. The lowest BCUT2D eigenvalue weighted by atomic mass is 10.00. The molecule has 2 atom stereocenters. The number of benzene rings is 2. The third-order valence-electron chi connectivity index (χ3n) is 5.36. The zero-order valence-electron chi connectivity index (χ0n) is 21.0. The summed E-state index contributed by atoms with van der Waals surface area (Å²) in [6.45, 7) is 10.2. The molecule has 9 heteroatoms. The van der Waals surface area contributed by atoms with Gasteiger partial charge in [-0.25, -0.2) is 4.79 Å². The van der Waals surface area contributed by atoms with Crippen molar-refractivity contribution in [1.29, 1.82) is 0 Å². The molecule has 190 valence electrons. The van der Waals surface area contributed by atoms with Crippen molar-refractivity contribution in [2.24, 2.45) is 0 Å². The Bertz CT molecular complexity index is 1050. The second kappa shape index (κ2) is 11.9. The van der Waals surface area contributed by atoms with E-state index < -0.39 is 35.6 Å². The van der Waals surface area contributed by atoms with Crippen LogP contribution in [0.5, 0.6) is 5.75 Å². The van der Waals surface area contributed by atoms with Crippen molar-refractivity contribution in [1.82, 2.24) is 10.2 Å². The summed E-state index contributed by atoms with van der Waals surface area (Å²) in [5, 5.41) is 16.2. The summed E-state index contributed by atoms with van der Waals surface area (Å²) in [6, 6.07) is 9.99. The van der Waals surface area contributed by atoms with Gasteiger partial charge >= 0.3 is 6.09 Å². The van der Waals surface area contributed by atoms with E-state index in [0.717, 1.165) is 5.56 Å². The highest BCUT2D eigenvalue weighted by atomic mass is 35.5. The smallest absolute Gasteiger partial charge is 0.408 e. The maximum absolute atomic E-state index is 13.7. The molecule has 0 bridgehead atoms. The first-order valence-corrected chi connectivity index (χ1v) is 11.8. The molecule has 0 aliphatic heterocycles. The number of para-hydroxylation sites is 2. The zero-order valence-corrected chi connectivity index (χ0v) is 21.8. The highest BCUT2D eigenvalue weighted by Crippen LogP contribution is 2.33. The van der Waals surface area contributed by atoms with Crippen molar-refractivity contribution in [2.75, 3.05) is 11.9 Å². The number of nitrogens with one attached hydrogen (secondary N) is 2. The average Bonchev–Trinajstić information content (AvgIpc) is 2.77. The van der Waals surface area contributed by atoms with E-state index in [4.69, 9.17) is 16.3 Å². The van der Waals surface area contributed by atoms with E-state index in [-0.39, 0.29) is 17.9 Å². The average molecular weight is 504 g/mol. The van der Waals surface area contributed by atoms with Crippen LogP contribution >= 0.6 is 11.6 Å². The number of alkyl carbamates (subject to hydrolysis) is 1. The summed E-state index contributed by atoms with van der Waals surface area (Å²) in [6.07, 6.45) is -0.217. The van der Waals surface area contributed by atoms with Gasteiger partial charge in [-0.15, -0.1) is 0 Å². The minimum absolute atomic E-state index is 0.135. The third kappa shape index (κ3) is 7.62. The Morgan fingerprint density at radius 2 is 1.77 bits per heavy atom. The van der Waals surface area contributed by atoms with Gasteiger partial charge in [0.1, 0.15) is 23.9 Å². The van der Waals surface area contributed by atoms with Crippen molar-refractivity contribution < 1.29 is 24.2 Å². The van der Waals surface area contributed by atoms with Crippen molar-refractivity contribution in [2.45, 2.75) is 65.6 Å². The van der Waals surface area contributed by atoms with Gasteiger partial charge in [0.2, 0.25) is 5.91 Å². The molecule has 0 spiro atoms. The number of nitrogens with zero attached hydrogens (tertiary/aromatic N) is 1. The van der Waals surface area contributed by atoms with Gasteiger partial charge in [0.25, 0.3) is 5.91 Å². The number of rotatable bonds is 8. The number of carbonyl (C=O) groups is 3. The summed E-state index contributed by atoms with van der Waals surface area (Å²) in [7, 11) is 0. The maximum Gasteiger partial charge on any atom is 0.408 e. The topological polar surface area (TPSA) is 108 Å². The quantitative estimate of drug-likeness (QED) is 0.459. The van der Waals surface area contributed by atoms with Crippen LogP contribution in [0, 0.1) is 6.92 Å². The molecule has 0 radical (unpaired) electrons. The highest BCUT2D eigenvalue weighted by molar-refractivity contribution is 6.34. The van der Waals surface area contributed by atoms with Crippen LogP contribution in [0.25, 0.3) is 0 Å². The van der Waals surface area contributed by atoms with Crippen LogP contribution in [0.2, 0.25) is 5.02 Å². The van der Waals surface area contributed by atoms with E-state index in [1.165, 1.54) is 11.0 Å². The predicted molar refractivity (Wildman–Crippen MR) is 137 cm³/mol. The van der Waals surface area contributed by atoms with E-state index in [1.807, 2.05) is 6.92 Å². The predicted octanol–water partition coefficient (Wildman–Crippen LogP) is 5.19. The molecule has 0 saturated carbocycles. The molecule has 2 aromatic rings. The molecule has 0 aliphatic rings. The number of phenols is 1. The summed E-state index contributed by atoms with van der Waals surface area (Å²) in [4.78, 5) is 40.6. The van der Waals surface area contributed by atoms with Crippen LogP contribution in [-0.2, 0) is 14.3 Å². The van der Waals surface area contributed by atoms with Gasteiger partial charge in [-0.2, -0.15) is 0 Å². The van der Waals surface area contributed by atoms with Crippen LogP contribution in [0.15, 0.2) is 42.5 Å². The first-order valence-electron chi connectivity index (χ1n) is 11.5. The van der Waals surface area contributed by atoms with Crippen molar-refractivity contribution in [3.05, 3.63) is 58.6 Å². The minimum atomic E-state index is -1.19.